The molecule has 0 aliphatic heterocycles. The van der Waals surface area contributed by atoms with Crippen LogP contribution in [0.25, 0.3) is 17.5 Å². The molecule has 24 heavy (non-hydrogen) atoms. The van der Waals surface area contributed by atoms with Gasteiger partial charge in [0.1, 0.15) is 5.69 Å². The van der Waals surface area contributed by atoms with Crippen molar-refractivity contribution in [2.24, 2.45) is 0 Å². The Balaban J connectivity index is 1.66. The van der Waals surface area contributed by atoms with Crippen LogP contribution in [0.3, 0.4) is 0 Å². The van der Waals surface area contributed by atoms with Gasteiger partial charge in [0.2, 0.25) is 5.91 Å². The van der Waals surface area contributed by atoms with Crippen LogP contribution in [0, 0.1) is 0 Å². The van der Waals surface area contributed by atoms with Gasteiger partial charge in [-0.15, -0.1) is 11.3 Å². The zero-order chi connectivity index (χ0) is 16.9. The van der Waals surface area contributed by atoms with Gasteiger partial charge < -0.3 is 0 Å². The smallest absolute Gasteiger partial charge is 0.250 e. The summed E-state index contributed by atoms with van der Waals surface area (Å²) in [6.45, 7) is 0. The highest BCUT2D eigenvalue weighted by molar-refractivity contribution is 7.14. The van der Waals surface area contributed by atoms with E-state index >= 15 is 0 Å². The van der Waals surface area contributed by atoms with Gasteiger partial charge >= 0.3 is 0 Å². The van der Waals surface area contributed by atoms with E-state index in [0.717, 1.165) is 17.0 Å². The molecule has 120 valence electrons. The number of nitrogens with one attached hydrogen (secondary N) is 1. The van der Waals surface area contributed by atoms with Crippen molar-refractivity contribution in [3.05, 3.63) is 69.7 Å². The van der Waals surface area contributed by atoms with Gasteiger partial charge in [0.05, 0.1) is 15.7 Å². The van der Waals surface area contributed by atoms with E-state index in [1.54, 1.807) is 30.5 Å². The molecule has 0 bridgehead atoms. The van der Waals surface area contributed by atoms with E-state index in [2.05, 4.69) is 15.3 Å². The SMILES string of the molecule is O=C(/C=C/c1ccc(Cl)c(Cl)c1)Nc1nc(-c2ccccn2)cs1. The second kappa shape index (κ2) is 7.57. The lowest BCUT2D eigenvalue weighted by molar-refractivity contribution is -0.111. The van der Waals surface area contributed by atoms with Crippen LogP contribution in [0.5, 0.6) is 0 Å². The highest BCUT2D eigenvalue weighted by Crippen LogP contribution is 2.24. The van der Waals surface area contributed by atoms with Crippen LogP contribution in [-0.2, 0) is 4.79 Å². The number of amides is 1. The molecule has 2 aromatic heterocycles. The third-order valence-corrected chi connectivity index (χ3v) is 4.53. The van der Waals surface area contributed by atoms with Crippen LogP contribution in [0.2, 0.25) is 10.0 Å². The molecule has 0 spiro atoms. The maximum Gasteiger partial charge on any atom is 0.250 e. The third-order valence-electron chi connectivity index (χ3n) is 3.03. The first-order valence-corrected chi connectivity index (χ1v) is 8.56. The van der Waals surface area contributed by atoms with Gasteiger partial charge in [0.25, 0.3) is 0 Å². The van der Waals surface area contributed by atoms with Gasteiger partial charge in [-0.3, -0.25) is 15.1 Å². The normalized spacial score (nSPS) is 10.9. The fourth-order valence-electron chi connectivity index (χ4n) is 1.90. The maximum atomic E-state index is 12.0. The Morgan fingerprint density at radius 2 is 2.00 bits per heavy atom. The Morgan fingerprint density at radius 1 is 1.12 bits per heavy atom. The van der Waals surface area contributed by atoms with Gasteiger partial charge in [-0.1, -0.05) is 35.3 Å². The number of hydrogen-bond donors (Lipinski definition) is 1. The second-order valence-corrected chi connectivity index (χ2v) is 6.42. The average molecular weight is 376 g/mol. The number of carbonyl (C=O) groups excluding carboxylic acids is 1. The number of aromatic nitrogens is 2. The van der Waals surface area contributed by atoms with Crippen molar-refractivity contribution in [1.29, 1.82) is 0 Å². The van der Waals surface area contributed by atoms with E-state index in [1.807, 2.05) is 23.6 Å². The maximum absolute atomic E-state index is 12.0. The molecule has 7 heteroatoms. The van der Waals surface area contributed by atoms with E-state index in [9.17, 15) is 4.79 Å². The minimum atomic E-state index is -0.275. The monoisotopic (exact) mass is 375 g/mol. The highest BCUT2D eigenvalue weighted by Gasteiger charge is 2.07. The molecule has 1 aromatic carbocycles. The molecule has 1 amide bonds. The molecule has 0 atom stereocenters. The summed E-state index contributed by atoms with van der Waals surface area (Å²) in [4.78, 5) is 20.6. The molecule has 0 fully saturated rings. The lowest BCUT2D eigenvalue weighted by atomic mass is 10.2. The standard InChI is InChI=1S/C17H11Cl2N3OS/c18-12-6-4-11(9-13(12)19)5-7-16(23)22-17-21-15(10-24-17)14-3-1-2-8-20-14/h1-10H,(H,21,22,23)/b7-5+. The lowest BCUT2D eigenvalue weighted by Crippen LogP contribution is -2.07. The van der Waals surface area contributed by atoms with E-state index < -0.39 is 0 Å². The minimum Gasteiger partial charge on any atom is -0.298 e. The number of carbonyl (C=O) groups is 1. The molecule has 1 N–H and O–H groups in total. The number of rotatable bonds is 4. The van der Waals surface area contributed by atoms with Gasteiger partial charge in [-0.05, 0) is 35.9 Å². The molecule has 2 heterocycles. The fraction of sp³-hybridized carbons (Fsp3) is 0. The number of anilines is 1. The Bertz CT molecular complexity index is 894. The Labute approximate surface area is 152 Å². The summed E-state index contributed by atoms with van der Waals surface area (Å²) in [6.07, 6.45) is 4.78. The number of hydrogen-bond acceptors (Lipinski definition) is 4. The van der Waals surface area contributed by atoms with Gasteiger partial charge in [-0.2, -0.15) is 0 Å². The molecule has 0 aliphatic rings. The molecular weight excluding hydrogens is 365 g/mol. The van der Waals surface area contributed by atoms with Crippen LogP contribution < -0.4 is 5.32 Å². The first-order valence-electron chi connectivity index (χ1n) is 6.93. The Kier molecular flexibility index (Phi) is 5.25. The summed E-state index contributed by atoms with van der Waals surface area (Å²) < 4.78 is 0. The van der Waals surface area contributed by atoms with Crippen LogP contribution >= 0.6 is 34.5 Å². The first kappa shape index (κ1) is 16.6. The number of halogens is 2. The fourth-order valence-corrected chi connectivity index (χ4v) is 2.91. The predicted molar refractivity (Wildman–Crippen MR) is 99.5 cm³/mol. The number of pyridine rings is 1. The summed E-state index contributed by atoms with van der Waals surface area (Å²) in [6, 6.07) is 10.7. The summed E-state index contributed by atoms with van der Waals surface area (Å²) in [5, 5.41) is 6.00. The van der Waals surface area contributed by atoms with Crippen molar-refractivity contribution < 1.29 is 4.79 Å². The Hall–Kier alpha value is -2.21. The summed E-state index contributed by atoms with van der Waals surface area (Å²) >= 11 is 13.1. The zero-order valence-electron chi connectivity index (χ0n) is 12.2. The molecule has 0 saturated carbocycles. The number of nitrogens with zero attached hydrogens (tertiary/aromatic N) is 2. The van der Waals surface area contributed by atoms with Gasteiger partial charge in [-0.25, -0.2) is 4.98 Å². The number of thiazole rings is 1. The zero-order valence-corrected chi connectivity index (χ0v) is 14.6. The van der Waals surface area contributed by atoms with E-state index in [4.69, 9.17) is 23.2 Å². The van der Waals surface area contributed by atoms with Gasteiger partial charge in [0, 0.05) is 17.7 Å². The average Bonchev–Trinajstić information content (AvgIpc) is 3.05. The predicted octanol–water partition coefficient (Wildman–Crippen LogP) is 5.16. The van der Waals surface area contributed by atoms with E-state index in [-0.39, 0.29) is 5.91 Å². The van der Waals surface area contributed by atoms with Crippen LogP contribution in [-0.4, -0.2) is 15.9 Å². The van der Waals surface area contributed by atoms with Crippen molar-refractivity contribution in [3.8, 4) is 11.4 Å². The Morgan fingerprint density at radius 3 is 2.75 bits per heavy atom. The van der Waals surface area contributed by atoms with E-state index in [0.29, 0.717) is 15.2 Å². The topological polar surface area (TPSA) is 54.9 Å². The molecule has 4 nitrogen and oxygen atoms in total. The summed E-state index contributed by atoms with van der Waals surface area (Å²) in [5.41, 5.74) is 2.28. The molecular formula is C17H11Cl2N3OS. The number of benzene rings is 1. The molecule has 0 radical (unpaired) electrons. The molecule has 3 aromatic rings. The van der Waals surface area contributed by atoms with Crippen LogP contribution in [0.15, 0.2) is 54.1 Å². The quantitative estimate of drug-likeness (QED) is 0.640. The van der Waals surface area contributed by atoms with Crippen LogP contribution in [0.4, 0.5) is 5.13 Å². The van der Waals surface area contributed by atoms with Crippen molar-refractivity contribution in [2.75, 3.05) is 5.32 Å². The second-order valence-electron chi connectivity index (χ2n) is 4.75. The van der Waals surface area contributed by atoms with Crippen molar-refractivity contribution >= 4 is 51.7 Å². The first-order chi connectivity index (χ1) is 11.6. The molecule has 0 unspecified atom stereocenters. The van der Waals surface area contributed by atoms with Crippen LogP contribution in [0.1, 0.15) is 5.56 Å². The molecule has 0 aliphatic carbocycles. The van der Waals surface area contributed by atoms with Crippen molar-refractivity contribution in [1.82, 2.24) is 9.97 Å². The summed E-state index contributed by atoms with van der Waals surface area (Å²) in [5.74, 6) is -0.275. The molecule has 3 rings (SSSR count). The third kappa shape index (κ3) is 4.20. The van der Waals surface area contributed by atoms with Crippen molar-refractivity contribution in [3.63, 3.8) is 0 Å². The highest BCUT2D eigenvalue weighted by atomic mass is 35.5. The van der Waals surface area contributed by atoms with Crippen molar-refractivity contribution in [2.45, 2.75) is 0 Å². The van der Waals surface area contributed by atoms with E-state index in [1.165, 1.54) is 17.4 Å². The molecule has 0 saturated heterocycles. The largest absolute Gasteiger partial charge is 0.298 e. The lowest BCUT2D eigenvalue weighted by Gasteiger charge is -1.98. The van der Waals surface area contributed by atoms with Gasteiger partial charge in [0.15, 0.2) is 5.13 Å². The summed E-state index contributed by atoms with van der Waals surface area (Å²) in [7, 11) is 0. The minimum absolute atomic E-state index is 0.275.